The highest BCUT2D eigenvalue weighted by molar-refractivity contribution is 6.28. The Morgan fingerprint density at radius 2 is 0.978 bits per heavy atom. The molecule has 0 saturated heterocycles. The smallest absolute Gasteiger partial charge is 0.226 e. The van der Waals surface area contributed by atoms with E-state index in [1.54, 1.807) is 0 Å². The van der Waals surface area contributed by atoms with E-state index in [2.05, 4.69) is 113 Å². The van der Waals surface area contributed by atoms with Gasteiger partial charge in [0.1, 0.15) is 11.2 Å². The standard InChI is InChI=1S/C41H24ClN3O/c42-41-44-39(43-40(45-41)33-18-19-36-35(24-33)38-34-12-5-4-9-26(34)17-20-37(38)46-36)32-11-6-10-27(23-32)29-15-16-30-21-28(13-14-31(30)22-29)25-7-2-1-3-8-25/h1-24H. The summed E-state index contributed by atoms with van der Waals surface area (Å²) in [6.45, 7) is 0. The lowest BCUT2D eigenvalue weighted by atomic mass is 9.97. The Bertz CT molecular complexity index is 2610. The molecule has 46 heavy (non-hydrogen) atoms. The molecule has 0 aliphatic heterocycles. The van der Waals surface area contributed by atoms with Gasteiger partial charge in [-0.3, -0.25) is 0 Å². The maximum Gasteiger partial charge on any atom is 0.226 e. The van der Waals surface area contributed by atoms with Crippen LogP contribution >= 0.6 is 11.6 Å². The van der Waals surface area contributed by atoms with Crippen LogP contribution in [-0.2, 0) is 0 Å². The summed E-state index contributed by atoms with van der Waals surface area (Å²) in [7, 11) is 0. The molecule has 5 heteroatoms. The molecule has 0 spiro atoms. The van der Waals surface area contributed by atoms with Gasteiger partial charge in [-0.25, -0.2) is 4.98 Å². The van der Waals surface area contributed by atoms with Crippen molar-refractivity contribution in [3.8, 4) is 45.0 Å². The summed E-state index contributed by atoms with van der Waals surface area (Å²) < 4.78 is 6.20. The van der Waals surface area contributed by atoms with Gasteiger partial charge >= 0.3 is 0 Å². The van der Waals surface area contributed by atoms with Crippen LogP contribution in [0.2, 0.25) is 5.28 Å². The van der Waals surface area contributed by atoms with Crippen molar-refractivity contribution < 1.29 is 4.42 Å². The lowest BCUT2D eigenvalue weighted by molar-refractivity contribution is 0.669. The van der Waals surface area contributed by atoms with E-state index in [1.807, 2.05) is 42.5 Å². The van der Waals surface area contributed by atoms with Crippen molar-refractivity contribution in [1.82, 2.24) is 15.0 Å². The van der Waals surface area contributed by atoms with Crippen LogP contribution in [0.15, 0.2) is 150 Å². The van der Waals surface area contributed by atoms with Gasteiger partial charge in [0.15, 0.2) is 11.6 Å². The van der Waals surface area contributed by atoms with Crippen molar-refractivity contribution in [2.75, 3.05) is 0 Å². The second kappa shape index (κ2) is 10.7. The number of hydrogen-bond acceptors (Lipinski definition) is 4. The van der Waals surface area contributed by atoms with E-state index in [0.717, 1.165) is 55.0 Å². The summed E-state index contributed by atoms with van der Waals surface area (Å²) >= 11 is 6.52. The van der Waals surface area contributed by atoms with Crippen molar-refractivity contribution in [2.24, 2.45) is 0 Å². The fourth-order valence-corrected chi connectivity index (χ4v) is 6.53. The van der Waals surface area contributed by atoms with Crippen LogP contribution < -0.4 is 0 Å². The highest BCUT2D eigenvalue weighted by Gasteiger charge is 2.15. The molecular weight excluding hydrogens is 586 g/mol. The van der Waals surface area contributed by atoms with Crippen LogP contribution in [0.3, 0.4) is 0 Å². The largest absolute Gasteiger partial charge is 0.456 e. The molecule has 0 atom stereocenters. The number of hydrogen-bond donors (Lipinski definition) is 0. The number of nitrogens with zero attached hydrogens (tertiary/aromatic N) is 3. The molecule has 9 aromatic rings. The van der Waals surface area contributed by atoms with E-state index in [4.69, 9.17) is 21.0 Å². The Hall–Kier alpha value is -5.84. The second-order valence-corrected chi connectivity index (χ2v) is 11.8. The first-order valence-electron chi connectivity index (χ1n) is 15.1. The number of furan rings is 1. The molecule has 0 saturated carbocycles. The van der Waals surface area contributed by atoms with Crippen LogP contribution in [0.1, 0.15) is 0 Å². The SMILES string of the molecule is Clc1nc(-c2cccc(-c3ccc4cc(-c5ccccc5)ccc4c3)c2)nc(-c2ccc3oc4ccc5ccccc5c4c3c2)n1. The second-order valence-electron chi connectivity index (χ2n) is 11.4. The van der Waals surface area contributed by atoms with Crippen molar-refractivity contribution in [3.63, 3.8) is 0 Å². The fraction of sp³-hybridized carbons (Fsp3) is 0. The maximum atomic E-state index is 6.52. The van der Waals surface area contributed by atoms with Gasteiger partial charge in [-0.15, -0.1) is 0 Å². The van der Waals surface area contributed by atoms with Gasteiger partial charge in [-0.05, 0) is 97.9 Å². The summed E-state index contributed by atoms with van der Waals surface area (Å²) in [5, 5.41) is 6.93. The topological polar surface area (TPSA) is 51.8 Å². The molecule has 0 fully saturated rings. The van der Waals surface area contributed by atoms with Crippen LogP contribution in [0, 0.1) is 0 Å². The number of aromatic nitrogens is 3. The Balaban J connectivity index is 1.09. The van der Waals surface area contributed by atoms with Gasteiger partial charge < -0.3 is 4.42 Å². The summed E-state index contributed by atoms with van der Waals surface area (Å²) in [6, 6.07) is 50.4. The Morgan fingerprint density at radius 3 is 1.78 bits per heavy atom. The molecule has 7 aromatic carbocycles. The van der Waals surface area contributed by atoms with E-state index in [-0.39, 0.29) is 5.28 Å². The molecule has 0 aliphatic carbocycles. The third-order valence-electron chi connectivity index (χ3n) is 8.63. The molecule has 9 rings (SSSR count). The molecule has 4 nitrogen and oxygen atoms in total. The summed E-state index contributed by atoms with van der Waals surface area (Å²) in [4.78, 5) is 13.9. The third kappa shape index (κ3) is 4.59. The zero-order valence-corrected chi connectivity index (χ0v) is 25.2. The minimum atomic E-state index is 0.146. The first-order chi connectivity index (χ1) is 22.7. The van der Waals surface area contributed by atoms with Crippen molar-refractivity contribution in [1.29, 1.82) is 0 Å². The van der Waals surface area contributed by atoms with E-state index in [0.29, 0.717) is 11.6 Å². The molecule has 2 heterocycles. The highest BCUT2D eigenvalue weighted by atomic mass is 35.5. The van der Waals surface area contributed by atoms with Crippen LogP contribution in [0.5, 0.6) is 0 Å². The summed E-state index contributed by atoms with van der Waals surface area (Å²) in [6.07, 6.45) is 0. The molecule has 0 amide bonds. The fourth-order valence-electron chi connectivity index (χ4n) is 6.37. The zero-order chi connectivity index (χ0) is 30.6. The number of fused-ring (bicyclic) bond motifs is 6. The number of rotatable bonds is 4. The number of halogens is 1. The molecule has 0 bridgehead atoms. The molecule has 0 N–H and O–H groups in total. The number of benzene rings is 7. The average molecular weight is 610 g/mol. The van der Waals surface area contributed by atoms with Gasteiger partial charge in [0.2, 0.25) is 5.28 Å². The lowest BCUT2D eigenvalue weighted by Crippen LogP contribution is -1.97. The van der Waals surface area contributed by atoms with Crippen molar-refractivity contribution in [2.45, 2.75) is 0 Å². The van der Waals surface area contributed by atoms with Crippen LogP contribution in [0.4, 0.5) is 0 Å². The minimum absolute atomic E-state index is 0.146. The van der Waals surface area contributed by atoms with Crippen molar-refractivity contribution in [3.05, 3.63) is 151 Å². The third-order valence-corrected chi connectivity index (χ3v) is 8.80. The molecule has 2 aromatic heterocycles. The molecular formula is C41H24ClN3O. The summed E-state index contributed by atoms with van der Waals surface area (Å²) in [5.41, 5.74) is 7.98. The quantitative estimate of drug-likeness (QED) is 0.199. The van der Waals surface area contributed by atoms with Gasteiger partial charge in [-0.2, -0.15) is 9.97 Å². The maximum absolute atomic E-state index is 6.52. The van der Waals surface area contributed by atoms with E-state index in [1.165, 1.54) is 21.9 Å². The zero-order valence-electron chi connectivity index (χ0n) is 24.5. The van der Waals surface area contributed by atoms with E-state index in [9.17, 15) is 0 Å². The lowest BCUT2D eigenvalue weighted by Gasteiger charge is -2.09. The van der Waals surface area contributed by atoms with E-state index >= 15 is 0 Å². The Kier molecular flexibility index (Phi) is 6.15. The van der Waals surface area contributed by atoms with Gasteiger partial charge in [0.25, 0.3) is 0 Å². The van der Waals surface area contributed by atoms with Crippen LogP contribution in [-0.4, -0.2) is 15.0 Å². The predicted molar refractivity (Wildman–Crippen MR) is 189 cm³/mol. The van der Waals surface area contributed by atoms with Gasteiger partial charge in [0.05, 0.1) is 0 Å². The van der Waals surface area contributed by atoms with E-state index < -0.39 is 0 Å². The summed E-state index contributed by atoms with van der Waals surface area (Å²) in [5.74, 6) is 1.03. The Labute approximate surface area is 269 Å². The first-order valence-corrected chi connectivity index (χ1v) is 15.5. The molecule has 216 valence electrons. The average Bonchev–Trinajstić information content (AvgIpc) is 3.50. The van der Waals surface area contributed by atoms with Crippen LogP contribution in [0.25, 0.3) is 88.5 Å². The minimum Gasteiger partial charge on any atom is -0.456 e. The Morgan fingerprint density at radius 1 is 0.391 bits per heavy atom. The monoisotopic (exact) mass is 609 g/mol. The molecule has 0 unspecified atom stereocenters. The molecule has 0 radical (unpaired) electrons. The van der Waals surface area contributed by atoms with Crippen molar-refractivity contribution >= 4 is 55.1 Å². The highest BCUT2D eigenvalue weighted by Crippen LogP contribution is 2.37. The molecule has 0 aliphatic rings. The normalized spacial score (nSPS) is 11.6. The predicted octanol–water partition coefficient (Wildman–Crippen LogP) is 11.4. The van der Waals surface area contributed by atoms with Gasteiger partial charge in [-0.1, -0.05) is 103 Å². The first kappa shape index (κ1) is 26.6. The van der Waals surface area contributed by atoms with Gasteiger partial charge in [0, 0.05) is 21.9 Å².